The second-order valence-electron chi connectivity index (χ2n) is 5.82. The van der Waals surface area contributed by atoms with Crippen molar-refractivity contribution in [3.05, 3.63) is 36.4 Å². The summed E-state index contributed by atoms with van der Waals surface area (Å²) in [6, 6.07) is 7.48. The lowest BCUT2D eigenvalue weighted by atomic mass is 9.86. The van der Waals surface area contributed by atoms with E-state index in [-0.39, 0.29) is 0 Å². The summed E-state index contributed by atoms with van der Waals surface area (Å²) >= 11 is 0. The number of hydrogen-bond acceptors (Lipinski definition) is 2. The third-order valence-corrected chi connectivity index (χ3v) is 4.76. The van der Waals surface area contributed by atoms with Gasteiger partial charge in [0.25, 0.3) is 0 Å². The molecule has 18 heavy (non-hydrogen) atoms. The first kappa shape index (κ1) is 11.0. The van der Waals surface area contributed by atoms with Crippen molar-refractivity contribution in [2.45, 2.75) is 18.4 Å². The molecule has 0 aromatic heterocycles. The third kappa shape index (κ3) is 1.54. The molecule has 1 aromatic carbocycles. The van der Waals surface area contributed by atoms with Crippen molar-refractivity contribution in [3.8, 4) is 0 Å². The number of nitrogens with zero attached hydrogens (tertiary/aromatic N) is 1. The largest absolute Gasteiger partial charge is 0.434 e. The number of nitrogens with one attached hydrogen (secondary N) is 1. The van der Waals surface area contributed by atoms with Gasteiger partial charge in [-0.2, -0.15) is 0 Å². The van der Waals surface area contributed by atoms with E-state index in [4.69, 9.17) is 4.74 Å². The van der Waals surface area contributed by atoms with Gasteiger partial charge >= 0.3 is 0 Å². The van der Waals surface area contributed by atoms with Crippen LogP contribution in [0.25, 0.3) is 0 Å². The smallest absolute Gasteiger partial charge is 0.108 e. The minimum atomic E-state index is 0.702. The maximum Gasteiger partial charge on any atom is 0.108 e. The average molecular weight is 244 g/mol. The van der Waals surface area contributed by atoms with Crippen LogP contribution in [0.5, 0.6) is 0 Å². The zero-order valence-electron chi connectivity index (χ0n) is 10.7. The predicted molar refractivity (Wildman–Crippen MR) is 69.9 cm³/mol. The van der Waals surface area contributed by atoms with E-state index in [0.717, 1.165) is 25.7 Å². The molecule has 0 amide bonds. The molecule has 2 saturated heterocycles. The van der Waals surface area contributed by atoms with Crippen LogP contribution in [-0.4, -0.2) is 43.8 Å². The van der Waals surface area contributed by atoms with Gasteiger partial charge in [0.1, 0.15) is 5.69 Å². The van der Waals surface area contributed by atoms with E-state index in [9.17, 15) is 0 Å². The van der Waals surface area contributed by atoms with Crippen molar-refractivity contribution in [3.63, 3.8) is 0 Å². The lowest BCUT2D eigenvalue weighted by molar-refractivity contribution is -0.775. The Kier molecular flexibility index (Phi) is 2.47. The first-order chi connectivity index (χ1) is 8.83. The number of benzene rings is 1. The van der Waals surface area contributed by atoms with Crippen LogP contribution < -0.4 is 4.90 Å². The fraction of sp³-hybridized carbons (Fsp3) is 0.533. The molecule has 0 aliphatic carbocycles. The van der Waals surface area contributed by atoms with Crippen LogP contribution in [-0.2, 0) is 11.2 Å². The van der Waals surface area contributed by atoms with Crippen LogP contribution in [0.2, 0.25) is 0 Å². The van der Waals surface area contributed by atoms with E-state index in [2.05, 4.69) is 30.1 Å². The van der Waals surface area contributed by atoms with Crippen molar-refractivity contribution in [1.82, 2.24) is 4.90 Å². The van der Waals surface area contributed by atoms with Gasteiger partial charge in [-0.1, -0.05) is 12.1 Å². The molecular weight excluding hydrogens is 224 g/mol. The number of hydrogen-bond donors (Lipinski definition) is 1. The van der Waals surface area contributed by atoms with Gasteiger partial charge in [0, 0.05) is 31.0 Å². The Labute approximate surface area is 108 Å². The van der Waals surface area contributed by atoms with Gasteiger partial charge < -0.3 is 9.64 Å². The van der Waals surface area contributed by atoms with E-state index in [1.54, 1.807) is 11.1 Å². The summed E-state index contributed by atoms with van der Waals surface area (Å²) < 4.78 is 5.27. The molecular formula is C15H20N2O. The van der Waals surface area contributed by atoms with Gasteiger partial charge in [0.05, 0.1) is 25.8 Å². The minimum Gasteiger partial charge on any atom is -0.434 e. The molecule has 1 unspecified atom stereocenters. The first-order valence-electron chi connectivity index (χ1n) is 6.94. The van der Waals surface area contributed by atoms with Gasteiger partial charge in [-0.25, -0.2) is 0 Å². The van der Waals surface area contributed by atoms with E-state index >= 15 is 0 Å². The molecule has 1 N–H and O–H groups in total. The Morgan fingerprint density at radius 3 is 2.83 bits per heavy atom. The summed E-state index contributed by atoms with van der Waals surface area (Å²) in [6.45, 7) is 5.47. The molecule has 0 saturated carbocycles. The average Bonchev–Trinajstić information content (AvgIpc) is 2.63. The summed E-state index contributed by atoms with van der Waals surface area (Å²) in [5.41, 5.74) is 4.59. The summed E-state index contributed by atoms with van der Waals surface area (Å²) in [7, 11) is 4.18. The number of likely N-dealkylation sites (tertiary alicyclic amines) is 1. The highest BCUT2D eigenvalue weighted by Crippen LogP contribution is 2.35. The summed E-state index contributed by atoms with van der Waals surface area (Å²) in [5.74, 6) is 0.742. The number of quaternary nitrogens is 1. The van der Waals surface area contributed by atoms with Gasteiger partial charge in [-0.15, -0.1) is 7.05 Å². The Morgan fingerprint density at radius 2 is 2.11 bits per heavy atom. The van der Waals surface area contributed by atoms with Crippen LogP contribution in [0.1, 0.15) is 17.0 Å². The minimum absolute atomic E-state index is 0.702. The first-order valence-corrected chi connectivity index (χ1v) is 6.94. The monoisotopic (exact) mass is 244 g/mol. The quantitative estimate of drug-likeness (QED) is 0.756. The summed E-state index contributed by atoms with van der Waals surface area (Å²) in [4.78, 5) is 3.90. The highest BCUT2D eigenvalue weighted by Gasteiger charge is 2.38. The highest BCUT2D eigenvalue weighted by molar-refractivity contribution is 5.49. The normalized spacial score (nSPS) is 28.8. The Balaban J connectivity index is 1.53. The molecule has 96 valence electrons. The fourth-order valence-corrected chi connectivity index (χ4v) is 3.45. The zero-order chi connectivity index (χ0) is 12.1. The SMILES string of the molecule is [CH2-][NH+]1CCc2c(C3CN(C4COC4)C3)cccc21. The second kappa shape index (κ2) is 4.05. The van der Waals surface area contributed by atoms with E-state index < -0.39 is 0 Å². The fourth-order valence-electron chi connectivity index (χ4n) is 3.45. The van der Waals surface area contributed by atoms with Crippen molar-refractivity contribution in [1.29, 1.82) is 0 Å². The van der Waals surface area contributed by atoms with Crippen molar-refractivity contribution in [2.24, 2.45) is 0 Å². The van der Waals surface area contributed by atoms with Crippen LogP contribution >= 0.6 is 0 Å². The topological polar surface area (TPSA) is 16.9 Å². The summed E-state index contributed by atoms with van der Waals surface area (Å²) in [5, 5.41) is 0. The summed E-state index contributed by atoms with van der Waals surface area (Å²) in [6.07, 6.45) is 1.20. The number of fused-ring (bicyclic) bond motifs is 1. The van der Waals surface area contributed by atoms with Crippen LogP contribution in [0.4, 0.5) is 5.69 Å². The van der Waals surface area contributed by atoms with Crippen LogP contribution in [0.3, 0.4) is 0 Å². The molecule has 1 atom stereocenters. The molecule has 3 aliphatic heterocycles. The van der Waals surface area contributed by atoms with Crippen molar-refractivity contribution >= 4 is 5.69 Å². The van der Waals surface area contributed by atoms with Gasteiger partial charge in [-0.05, 0) is 11.6 Å². The maximum absolute atomic E-state index is 5.27. The molecule has 0 radical (unpaired) electrons. The Bertz CT molecular complexity index is 464. The molecule has 4 rings (SSSR count). The Hall–Kier alpha value is -0.900. The molecule has 3 aliphatic rings. The number of ether oxygens (including phenoxy) is 1. The maximum atomic E-state index is 5.27. The predicted octanol–water partition coefficient (Wildman–Crippen LogP) is 0.349. The van der Waals surface area contributed by atoms with Crippen molar-refractivity contribution < 1.29 is 9.64 Å². The zero-order valence-corrected chi connectivity index (χ0v) is 10.7. The molecule has 3 heteroatoms. The standard InChI is InChI=1S/C15H20N2O/c1-16-6-5-14-13(3-2-4-15(14)16)11-7-17(8-11)12-9-18-10-12/h2-4,11-12,16H,1,5-10H2. The van der Waals surface area contributed by atoms with E-state index in [0.29, 0.717) is 6.04 Å². The molecule has 2 fully saturated rings. The molecule has 0 bridgehead atoms. The van der Waals surface area contributed by atoms with E-state index in [1.807, 2.05) is 0 Å². The van der Waals surface area contributed by atoms with Crippen molar-refractivity contribution in [2.75, 3.05) is 32.8 Å². The van der Waals surface area contributed by atoms with Gasteiger partial charge in [0.15, 0.2) is 0 Å². The lowest BCUT2D eigenvalue weighted by Crippen LogP contribution is -3.00. The molecule has 3 heterocycles. The van der Waals surface area contributed by atoms with Crippen LogP contribution in [0, 0.1) is 7.05 Å². The molecule has 3 nitrogen and oxygen atoms in total. The van der Waals surface area contributed by atoms with Crippen LogP contribution in [0.15, 0.2) is 18.2 Å². The molecule has 1 aromatic rings. The lowest BCUT2D eigenvalue weighted by Gasteiger charge is -2.48. The molecule has 0 spiro atoms. The Morgan fingerprint density at radius 1 is 1.28 bits per heavy atom. The van der Waals surface area contributed by atoms with E-state index in [1.165, 1.54) is 30.1 Å². The second-order valence-corrected chi connectivity index (χ2v) is 5.82. The third-order valence-electron chi connectivity index (χ3n) is 4.76. The number of rotatable bonds is 2. The highest BCUT2D eigenvalue weighted by atomic mass is 16.5. The van der Waals surface area contributed by atoms with Gasteiger partial charge in [-0.3, -0.25) is 4.90 Å². The van der Waals surface area contributed by atoms with Gasteiger partial charge in [0.2, 0.25) is 0 Å².